The summed E-state index contributed by atoms with van der Waals surface area (Å²) in [6.07, 6.45) is 0. The normalized spacial score (nSPS) is 16.1. The Morgan fingerprint density at radius 2 is 2.00 bits per heavy atom. The molecule has 7 nitrogen and oxygen atoms in total. The highest BCUT2D eigenvalue weighted by Gasteiger charge is 2.35. The van der Waals surface area contributed by atoms with Gasteiger partial charge in [-0.2, -0.15) is 0 Å². The molecule has 1 unspecified atom stereocenters. The van der Waals surface area contributed by atoms with Crippen molar-refractivity contribution >= 4 is 23.0 Å². The maximum Gasteiger partial charge on any atom is 0.338 e. The van der Waals surface area contributed by atoms with Crippen molar-refractivity contribution in [2.24, 2.45) is 0 Å². The van der Waals surface area contributed by atoms with Crippen LogP contribution in [-0.4, -0.2) is 32.3 Å². The molecule has 2 aromatic carbocycles. The molecule has 0 aliphatic carbocycles. The molecule has 3 N–H and O–H groups in total. The van der Waals surface area contributed by atoms with E-state index in [9.17, 15) is 15.0 Å². The van der Waals surface area contributed by atoms with Gasteiger partial charge in [0.15, 0.2) is 11.5 Å². The molecule has 0 saturated heterocycles. The number of imidazole rings is 1. The Balaban J connectivity index is 1.99. The molecule has 4 rings (SSSR count). The molecule has 0 bridgehead atoms. The Labute approximate surface area is 155 Å². The Bertz CT molecular complexity index is 1080. The second kappa shape index (κ2) is 6.35. The van der Waals surface area contributed by atoms with Crippen LogP contribution in [0.15, 0.2) is 53.7 Å². The lowest BCUT2D eigenvalue weighted by atomic mass is 9.94. The molecule has 1 aliphatic heterocycles. The van der Waals surface area contributed by atoms with Crippen LogP contribution in [0.25, 0.3) is 11.0 Å². The van der Waals surface area contributed by atoms with Gasteiger partial charge < -0.3 is 20.3 Å². The molecule has 1 aromatic heterocycles. The minimum atomic E-state index is -0.556. The van der Waals surface area contributed by atoms with E-state index in [-0.39, 0.29) is 18.1 Å². The summed E-state index contributed by atoms with van der Waals surface area (Å²) < 4.78 is 7.18. The lowest BCUT2D eigenvalue weighted by Crippen LogP contribution is -2.29. The van der Waals surface area contributed by atoms with Gasteiger partial charge in [0.05, 0.1) is 29.3 Å². The van der Waals surface area contributed by atoms with Crippen molar-refractivity contribution in [3.05, 3.63) is 59.3 Å². The van der Waals surface area contributed by atoms with E-state index in [0.29, 0.717) is 22.8 Å². The number of aromatic hydroxyl groups is 2. The first-order valence-electron chi connectivity index (χ1n) is 8.65. The highest BCUT2D eigenvalue weighted by Crippen LogP contribution is 2.41. The molecule has 138 valence electrons. The second-order valence-electron chi connectivity index (χ2n) is 6.33. The number of ether oxygens (including phenoxy) is 1. The predicted octanol–water partition coefficient (Wildman–Crippen LogP) is 3.30. The molecular formula is C20H19N3O4. The van der Waals surface area contributed by atoms with Crippen LogP contribution in [0, 0.1) is 0 Å². The van der Waals surface area contributed by atoms with Gasteiger partial charge in [0.25, 0.3) is 0 Å². The zero-order chi connectivity index (χ0) is 19.1. The maximum absolute atomic E-state index is 12.7. The number of fused-ring (bicyclic) bond motifs is 3. The highest BCUT2D eigenvalue weighted by molar-refractivity contribution is 5.94. The van der Waals surface area contributed by atoms with Crippen LogP contribution in [0.1, 0.15) is 25.5 Å². The monoisotopic (exact) mass is 365 g/mol. The van der Waals surface area contributed by atoms with Gasteiger partial charge >= 0.3 is 5.97 Å². The second-order valence-corrected chi connectivity index (χ2v) is 6.33. The summed E-state index contributed by atoms with van der Waals surface area (Å²) in [7, 11) is 0. The van der Waals surface area contributed by atoms with Gasteiger partial charge in [0.2, 0.25) is 5.95 Å². The quantitative estimate of drug-likeness (QED) is 0.487. The molecular weight excluding hydrogens is 346 g/mol. The summed E-state index contributed by atoms with van der Waals surface area (Å²) in [6.45, 7) is 3.80. The minimum Gasteiger partial charge on any atom is -0.504 e. The summed E-state index contributed by atoms with van der Waals surface area (Å²) in [5, 5.41) is 22.9. The van der Waals surface area contributed by atoms with E-state index in [2.05, 4.69) is 10.3 Å². The lowest BCUT2D eigenvalue weighted by Gasteiger charge is -2.30. The number of esters is 1. The molecule has 0 saturated carbocycles. The van der Waals surface area contributed by atoms with Gasteiger partial charge in [-0.1, -0.05) is 18.2 Å². The molecule has 0 amide bonds. The Morgan fingerprint density at radius 3 is 2.74 bits per heavy atom. The number of phenols is 2. The molecule has 27 heavy (non-hydrogen) atoms. The number of phenolic OH excluding ortho intramolecular Hbond substituents is 2. The maximum atomic E-state index is 12.7. The average Bonchev–Trinajstić information content (AvgIpc) is 3.00. The van der Waals surface area contributed by atoms with E-state index < -0.39 is 12.0 Å². The summed E-state index contributed by atoms with van der Waals surface area (Å²) >= 11 is 0. The van der Waals surface area contributed by atoms with E-state index in [4.69, 9.17) is 4.74 Å². The predicted molar refractivity (Wildman–Crippen MR) is 101 cm³/mol. The summed E-state index contributed by atoms with van der Waals surface area (Å²) in [5.74, 6) is -0.317. The molecule has 1 atom stereocenters. The smallest absolute Gasteiger partial charge is 0.338 e. The number of para-hydroxylation sites is 2. The van der Waals surface area contributed by atoms with Gasteiger partial charge in [-0.15, -0.1) is 0 Å². The van der Waals surface area contributed by atoms with Gasteiger partial charge in [-0.3, -0.25) is 4.57 Å². The molecule has 1 aliphatic rings. The third-order valence-corrected chi connectivity index (χ3v) is 4.64. The van der Waals surface area contributed by atoms with Crippen LogP contribution in [0.4, 0.5) is 5.95 Å². The van der Waals surface area contributed by atoms with Crippen molar-refractivity contribution in [1.29, 1.82) is 0 Å². The summed E-state index contributed by atoms with van der Waals surface area (Å²) in [6, 6.07) is 11.6. The third kappa shape index (κ3) is 2.68. The van der Waals surface area contributed by atoms with Crippen LogP contribution in [0.3, 0.4) is 0 Å². The zero-order valence-corrected chi connectivity index (χ0v) is 14.9. The number of aromatic nitrogens is 2. The topological polar surface area (TPSA) is 96.6 Å². The first-order valence-corrected chi connectivity index (χ1v) is 8.65. The molecule has 0 fully saturated rings. The van der Waals surface area contributed by atoms with Crippen molar-refractivity contribution in [3.63, 3.8) is 0 Å². The molecule has 7 heteroatoms. The number of carbonyl (C=O) groups is 1. The van der Waals surface area contributed by atoms with Crippen LogP contribution >= 0.6 is 0 Å². The number of anilines is 1. The molecule has 0 spiro atoms. The van der Waals surface area contributed by atoms with Gasteiger partial charge in [-0.25, -0.2) is 9.78 Å². The van der Waals surface area contributed by atoms with Crippen LogP contribution < -0.4 is 5.32 Å². The average molecular weight is 365 g/mol. The minimum absolute atomic E-state index is 0.221. The van der Waals surface area contributed by atoms with E-state index >= 15 is 0 Å². The first-order chi connectivity index (χ1) is 13.0. The van der Waals surface area contributed by atoms with Gasteiger partial charge in [0, 0.05) is 5.70 Å². The molecule has 2 heterocycles. The highest BCUT2D eigenvalue weighted by atomic mass is 16.5. The van der Waals surface area contributed by atoms with Crippen LogP contribution in [-0.2, 0) is 9.53 Å². The first kappa shape index (κ1) is 17.0. The van der Waals surface area contributed by atoms with Crippen LogP contribution in [0.2, 0.25) is 0 Å². The molecule has 3 aromatic rings. The number of allylic oxidation sites excluding steroid dienone is 1. The Kier molecular flexibility index (Phi) is 3.99. The van der Waals surface area contributed by atoms with E-state index in [1.54, 1.807) is 19.9 Å². The standard InChI is InChI=1S/C20H19N3O4/c1-3-27-19(26)17-11(2)21-20-22-13-6-4-5-7-14(13)23(20)18(17)12-8-9-15(24)16(25)10-12/h4-10,18,24-25H,3H2,1-2H3,(H,21,22). The van der Waals surface area contributed by atoms with Crippen molar-refractivity contribution in [1.82, 2.24) is 9.55 Å². The lowest BCUT2D eigenvalue weighted by molar-refractivity contribution is -0.139. The zero-order valence-electron chi connectivity index (χ0n) is 14.9. The summed E-state index contributed by atoms with van der Waals surface area (Å²) in [5.41, 5.74) is 3.32. The third-order valence-electron chi connectivity index (χ3n) is 4.64. The number of nitrogens with one attached hydrogen (secondary N) is 1. The van der Waals surface area contributed by atoms with Gasteiger partial charge in [-0.05, 0) is 43.7 Å². The van der Waals surface area contributed by atoms with Crippen molar-refractivity contribution < 1.29 is 19.7 Å². The van der Waals surface area contributed by atoms with Gasteiger partial charge in [0.1, 0.15) is 0 Å². The van der Waals surface area contributed by atoms with E-state index in [1.807, 2.05) is 28.8 Å². The largest absolute Gasteiger partial charge is 0.504 e. The number of nitrogens with zero attached hydrogens (tertiary/aromatic N) is 2. The summed E-state index contributed by atoms with van der Waals surface area (Å²) in [4.78, 5) is 17.4. The van der Waals surface area contributed by atoms with Crippen molar-refractivity contribution in [2.45, 2.75) is 19.9 Å². The van der Waals surface area contributed by atoms with E-state index in [1.165, 1.54) is 12.1 Å². The van der Waals surface area contributed by atoms with Crippen molar-refractivity contribution in [3.8, 4) is 11.5 Å². The Morgan fingerprint density at radius 1 is 1.22 bits per heavy atom. The number of benzene rings is 2. The fourth-order valence-corrected chi connectivity index (χ4v) is 3.46. The number of rotatable bonds is 3. The number of hydrogen-bond acceptors (Lipinski definition) is 6. The SMILES string of the molecule is CCOC(=O)C1=C(C)Nc2nc3ccccc3n2C1c1ccc(O)c(O)c1. The molecule has 0 radical (unpaired) electrons. The fraction of sp³-hybridized carbons (Fsp3) is 0.200. The van der Waals surface area contributed by atoms with Crippen LogP contribution in [0.5, 0.6) is 11.5 Å². The Hall–Kier alpha value is -3.48. The van der Waals surface area contributed by atoms with E-state index in [0.717, 1.165) is 11.0 Å². The van der Waals surface area contributed by atoms with Crippen molar-refractivity contribution in [2.75, 3.05) is 11.9 Å². The fourth-order valence-electron chi connectivity index (χ4n) is 3.46. The number of hydrogen-bond donors (Lipinski definition) is 3. The number of carbonyl (C=O) groups excluding carboxylic acids is 1.